The monoisotopic (exact) mass is 323 g/mol. The number of carbonyl (C=O) groups is 2. The van der Waals surface area contributed by atoms with Gasteiger partial charge in [-0.1, -0.05) is 0 Å². The summed E-state index contributed by atoms with van der Waals surface area (Å²) in [5, 5.41) is 0. The molecule has 0 radical (unpaired) electrons. The molecule has 1 atom stereocenters. The molecule has 6 heteroatoms. The van der Waals surface area contributed by atoms with Crippen LogP contribution in [0.5, 0.6) is 0 Å². The number of hydrogen-bond acceptors (Lipinski definition) is 5. The summed E-state index contributed by atoms with van der Waals surface area (Å²) >= 11 is 1.51. The molecule has 0 bridgehead atoms. The zero-order valence-corrected chi connectivity index (χ0v) is 13.6. The lowest BCUT2D eigenvalue weighted by atomic mass is 9.99. The van der Waals surface area contributed by atoms with Crippen LogP contribution >= 0.6 is 11.3 Å². The summed E-state index contributed by atoms with van der Waals surface area (Å²) in [5.41, 5.74) is 1.27. The summed E-state index contributed by atoms with van der Waals surface area (Å²) in [6.07, 6.45) is 4.51. The van der Waals surface area contributed by atoms with Crippen LogP contribution in [0.4, 0.5) is 0 Å². The third-order valence-corrected chi connectivity index (χ3v) is 5.34. The molecule has 1 unspecified atom stereocenters. The summed E-state index contributed by atoms with van der Waals surface area (Å²) in [5.74, 6) is -0.529. The second-order valence-electron chi connectivity index (χ2n) is 5.86. The van der Waals surface area contributed by atoms with Crippen molar-refractivity contribution in [2.24, 2.45) is 0 Å². The fourth-order valence-electron chi connectivity index (χ4n) is 2.93. The van der Waals surface area contributed by atoms with Gasteiger partial charge in [0.15, 0.2) is 6.61 Å². The molecule has 2 aliphatic rings. The smallest absolute Gasteiger partial charge is 0.348 e. The highest BCUT2D eigenvalue weighted by Crippen LogP contribution is 2.30. The van der Waals surface area contributed by atoms with E-state index in [4.69, 9.17) is 9.47 Å². The van der Waals surface area contributed by atoms with Gasteiger partial charge in [-0.05, 0) is 44.2 Å². The summed E-state index contributed by atoms with van der Waals surface area (Å²) in [6.45, 7) is 3.41. The van der Waals surface area contributed by atoms with E-state index in [1.165, 1.54) is 34.6 Å². The zero-order valence-electron chi connectivity index (χ0n) is 12.8. The van der Waals surface area contributed by atoms with E-state index in [-0.39, 0.29) is 24.6 Å². The van der Waals surface area contributed by atoms with Gasteiger partial charge in [0.05, 0.1) is 12.7 Å². The van der Waals surface area contributed by atoms with E-state index in [9.17, 15) is 9.59 Å². The Morgan fingerprint density at radius 2 is 2.23 bits per heavy atom. The number of amides is 1. The zero-order chi connectivity index (χ0) is 15.5. The molecule has 120 valence electrons. The van der Waals surface area contributed by atoms with Crippen molar-refractivity contribution in [2.45, 2.75) is 38.7 Å². The average molecular weight is 323 g/mol. The highest BCUT2D eigenvalue weighted by Gasteiger charge is 2.23. The van der Waals surface area contributed by atoms with Crippen molar-refractivity contribution in [3.8, 4) is 0 Å². The lowest BCUT2D eigenvalue weighted by molar-refractivity contribution is -0.141. The van der Waals surface area contributed by atoms with Crippen LogP contribution in [0.15, 0.2) is 6.07 Å². The van der Waals surface area contributed by atoms with E-state index < -0.39 is 0 Å². The van der Waals surface area contributed by atoms with Crippen molar-refractivity contribution >= 4 is 23.2 Å². The van der Waals surface area contributed by atoms with Crippen LogP contribution < -0.4 is 0 Å². The van der Waals surface area contributed by atoms with E-state index >= 15 is 0 Å². The normalized spacial score (nSPS) is 21.3. The van der Waals surface area contributed by atoms with Crippen molar-refractivity contribution < 1.29 is 19.1 Å². The van der Waals surface area contributed by atoms with E-state index in [1.807, 2.05) is 13.0 Å². The Morgan fingerprint density at radius 3 is 3.00 bits per heavy atom. The van der Waals surface area contributed by atoms with Crippen LogP contribution in [0.25, 0.3) is 0 Å². The number of nitrogens with zero attached hydrogens (tertiary/aromatic N) is 1. The fourth-order valence-corrected chi connectivity index (χ4v) is 4.07. The van der Waals surface area contributed by atoms with Crippen LogP contribution in [-0.2, 0) is 27.1 Å². The van der Waals surface area contributed by atoms with E-state index in [0.717, 1.165) is 12.8 Å². The second kappa shape index (κ2) is 6.79. The Kier molecular flexibility index (Phi) is 4.78. The minimum atomic E-state index is -0.381. The third-order valence-electron chi connectivity index (χ3n) is 4.12. The Balaban J connectivity index is 1.53. The van der Waals surface area contributed by atoms with Crippen LogP contribution in [0, 0.1) is 0 Å². The number of morpholine rings is 1. The van der Waals surface area contributed by atoms with Crippen LogP contribution in [-0.4, -0.2) is 49.2 Å². The Bertz CT molecular complexity index is 545. The molecule has 1 saturated heterocycles. The van der Waals surface area contributed by atoms with Crippen molar-refractivity contribution in [1.29, 1.82) is 0 Å². The number of thiophene rings is 1. The number of esters is 1. The Morgan fingerprint density at radius 1 is 1.41 bits per heavy atom. The van der Waals surface area contributed by atoms with Crippen LogP contribution in [0.2, 0.25) is 0 Å². The lowest BCUT2D eigenvalue weighted by Crippen LogP contribution is -2.46. The van der Waals surface area contributed by atoms with Crippen molar-refractivity contribution in [2.75, 3.05) is 26.3 Å². The van der Waals surface area contributed by atoms with E-state index in [1.54, 1.807) is 4.90 Å². The summed E-state index contributed by atoms with van der Waals surface area (Å²) < 4.78 is 10.6. The summed E-state index contributed by atoms with van der Waals surface area (Å²) in [6, 6.07) is 1.93. The van der Waals surface area contributed by atoms with Gasteiger partial charge in [-0.3, -0.25) is 4.79 Å². The van der Waals surface area contributed by atoms with Gasteiger partial charge in [-0.2, -0.15) is 0 Å². The van der Waals surface area contributed by atoms with E-state index in [0.29, 0.717) is 24.6 Å². The van der Waals surface area contributed by atoms with Gasteiger partial charge in [-0.25, -0.2) is 4.79 Å². The summed E-state index contributed by atoms with van der Waals surface area (Å²) in [7, 11) is 0. The lowest BCUT2D eigenvalue weighted by Gasteiger charge is -2.30. The van der Waals surface area contributed by atoms with Gasteiger partial charge >= 0.3 is 5.97 Å². The number of rotatable bonds is 3. The maximum Gasteiger partial charge on any atom is 0.348 e. The molecule has 3 rings (SSSR count). The minimum absolute atomic E-state index is 0.0393. The predicted molar refractivity (Wildman–Crippen MR) is 83.2 cm³/mol. The van der Waals surface area contributed by atoms with Gasteiger partial charge in [-0.15, -0.1) is 11.3 Å². The SMILES string of the molecule is CC1CN(C(=O)COC(=O)c2cc3c(s2)CCCC3)CCO1. The predicted octanol–water partition coefficient (Wildman–Crippen LogP) is 2.03. The standard InChI is InChI=1S/C16H21NO4S/c1-11-9-17(6-7-20-11)15(18)10-21-16(19)14-8-12-4-2-3-5-13(12)22-14/h8,11H,2-7,9-10H2,1H3. The third kappa shape index (κ3) is 3.50. The molecular weight excluding hydrogens is 302 g/mol. The molecule has 1 amide bonds. The van der Waals surface area contributed by atoms with Gasteiger partial charge in [0.2, 0.25) is 0 Å². The molecule has 0 N–H and O–H groups in total. The maximum absolute atomic E-state index is 12.1. The highest BCUT2D eigenvalue weighted by atomic mass is 32.1. The van der Waals surface area contributed by atoms with Gasteiger partial charge in [0.1, 0.15) is 4.88 Å². The molecule has 1 aliphatic carbocycles. The van der Waals surface area contributed by atoms with Gasteiger partial charge in [0.25, 0.3) is 5.91 Å². The van der Waals surface area contributed by atoms with Gasteiger partial charge in [0, 0.05) is 18.0 Å². The summed E-state index contributed by atoms with van der Waals surface area (Å²) in [4.78, 5) is 27.8. The molecule has 1 aromatic rings. The van der Waals surface area contributed by atoms with Crippen LogP contribution in [0.1, 0.15) is 39.9 Å². The first-order valence-electron chi connectivity index (χ1n) is 7.81. The van der Waals surface area contributed by atoms with E-state index in [2.05, 4.69) is 0 Å². The van der Waals surface area contributed by atoms with Crippen molar-refractivity contribution in [3.63, 3.8) is 0 Å². The molecule has 1 aromatic heterocycles. The van der Waals surface area contributed by atoms with Crippen molar-refractivity contribution in [3.05, 3.63) is 21.4 Å². The Labute approximate surface area is 134 Å². The fraction of sp³-hybridized carbons (Fsp3) is 0.625. The molecule has 0 saturated carbocycles. The molecule has 2 heterocycles. The molecule has 1 fully saturated rings. The number of aryl methyl sites for hydroxylation is 2. The number of fused-ring (bicyclic) bond motifs is 1. The quantitative estimate of drug-likeness (QED) is 0.799. The minimum Gasteiger partial charge on any atom is -0.451 e. The molecule has 1 aliphatic heterocycles. The molecule has 22 heavy (non-hydrogen) atoms. The topological polar surface area (TPSA) is 55.8 Å². The molecule has 0 aromatic carbocycles. The first-order chi connectivity index (χ1) is 10.6. The Hall–Kier alpha value is -1.40. The van der Waals surface area contributed by atoms with Gasteiger partial charge < -0.3 is 14.4 Å². The molecule has 0 spiro atoms. The second-order valence-corrected chi connectivity index (χ2v) is 7.00. The maximum atomic E-state index is 12.1. The van der Waals surface area contributed by atoms with Crippen molar-refractivity contribution in [1.82, 2.24) is 4.90 Å². The number of carbonyl (C=O) groups excluding carboxylic acids is 2. The number of ether oxygens (including phenoxy) is 2. The first-order valence-corrected chi connectivity index (χ1v) is 8.63. The number of hydrogen-bond donors (Lipinski definition) is 0. The molecule has 5 nitrogen and oxygen atoms in total. The highest BCUT2D eigenvalue weighted by molar-refractivity contribution is 7.14. The first kappa shape index (κ1) is 15.5. The largest absolute Gasteiger partial charge is 0.451 e. The molecular formula is C16H21NO4S. The van der Waals surface area contributed by atoms with Crippen LogP contribution in [0.3, 0.4) is 0 Å². The average Bonchev–Trinajstić information content (AvgIpc) is 2.96.